The highest BCUT2D eigenvalue weighted by Crippen LogP contribution is 2.26. The summed E-state index contributed by atoms with van der Waals surface area (Å²) in [5.41, 5.74) is 1.20. The molecule has 0 fully saturated rings. The fraction of sp³-hybridized carbons (Fsp3) is 0.316. The van der Waals surface area contributed by atoms with Crippen LogP contribution in [0.5, 0.6) is 11.5 Å². The molecule has 0 aliphatic carbocycles. The number of ether oxygens (including phenoxy) is 2. The first-order valence-electron chi connectivity index (χ1n) is 7.92. The smallest absolute Gasteiger partial charge is 0.260 e. The Bertz CT molecular complexity index is 658. The van der Waals surface area contributed by atoms with Gasteiger partial charge in [-0.1, -0.05) is 35.9 Å². The minimum Gasteiger partial charge on any atom is -0.493 e. The monoisotopic (exact) mass is 347 g/mol. The number of para-hydroxylation sites is 2. The van der Waals surface area contributed by atoms with Gasteiger partial charge in [0.15, 0.2) is 17.6 Å². The van der Waals surface area contributed by atoms with E-state index in [-0.39, 0.29) is 5.91 Å². The fourth-order valence-corrected chi connectivity index (χ4v) is 2.39. The van der Waals surface area contributed by atoms with Crippen molar-refractivity contribution < 1.29 is 14.3 Å². The van der Waals surface area contributed by atoms with Crippen molar-refractivity contribution in [1.82, 2.24) is 5.32 Å². The molecule has 0 saturated heterocycles. The number of amides is 1. The number of methoxy groups -OCH3 is 1. The van der Waals surface area contributed by atoms with Crippen LogP contribution in [0.1, 0.15) is 18.9 Å². The number of benzene rings is 2. The molecule has 2 aromatic rings. The number of carbonyl (C=O) groups is 1. The molecule has 0 spiro atoms. The standard InChI is InChI=1S/C19H22ClNO3/c1-14(24-18-8-4-3-7-17(18)23-2)19(22)21-13-5-6-15-9-11-16(20)12-10-15/h3-4,7-12,14H,5-6,13H2,1-2H3,(H,21,22)/t14-/m1/s1. The molecule has 0 heterocycles. The SMILES string of the molecule is COc1ccccc1O[C@H](C)C(=O)NCCCc1ccc(Cl)cc1. The van der Waals surface area contributed by atoms with Gasteiger partial charge in [0.05, 0.1) is 7.11 Å². The minimum atomic E-state index is -0.586. The Kier molecular flexibility index (Phi) is 6.94. The second-order valence-corrected chi connectivity index (χ2v) is 5.87. The van der Waals surface area contributed by atoms with Gasteiger partial charge < -0.3 is 14.8 Å². The lowest BCUT2D eigenvalue weighted by molar-refractivity contribution is -0.127. The van der Waals surface area contributed by atoms with Crippen molar-refractivity contribution in [3.63, 3.8) is 0 Å². The summed E-state index contributed by atoms with van der Waals surface area (Å²) in [5.74, 6) is 1.03. The molecule has 0 aliphatic rings. The zero-order valence-corrected chi connectivity index (χ0v) is 14.7. The van der Waals surface area contributed by atoms with Crippen LogP contribution in [0.4, 0.5) is 0 Å². The second kappa shape index (κ2) is 9.18. The molecule has 2 rings (SSSR count). The molecule has 1 N–H and O–H groups in total. The second-order valence-electron chi connectivity index (χ2n) is 5.43. The van der Waals surface area contributed by atoms with Crippen LogP contribution in [0.15, 0.2) is 48.5 Å². The molecule has 0 radical (unpaired) electrons. The maximum absolute atomic E-state index is 12.1. The Morgan fingerprint density at radius 2 is 1.79 bits per heavy atom. The van der Waals surface area contributed by atoms with Gasteiger partial charge in [0, 0.05) is 11.6 Å². The number of nitrogens with one attached hydrogen (secondary N) is 1. The maximum Gasteiger partial charge on any atom is 0.260 e. The van der Waals surface area contributed by atoms with E-state index in [2.05, 4.69) is 5.32 Å². The summed E-state index contributed by atoms with van der Waals surface area (Å²) in [5, 5.41) is 3.62. The molecule has 128 valence electrons. The zero-order chi connectivity index (χ0) is 17.4. The van der Waals surface area contributed by atoms with E-state index in [1.165, 1.54) is 5.56 Å². The lowest BCUT2D eigenvalue weighted by Gasteiger charge is -2.16. The number of rotatable bonds is 8. The molecule has 1 amide bonds. The van der Waals surface area contributed by atoms with E-state index in [0.29, 0.717) is 18.0 Å². The summed E-state index contributed by atoms with van der Waals surface area (Å²) < 4.78 is 10.9. The van der Waals surface area contributed by atoms with Gasteiger partial charge in [0.25, 0.3) is 5.91 Å². The number of hydrogen-bond acceptors (Lipinski definition) is 3. The van der Waals surface area contributed by atoms with Gasteiger partial charge in [0.1, 0.15) is 0 Å². The summed E-state index contributed by atoms with van der Waals surface area (Å²) in [6.07, 6.45) is 1.16. The Hall–Kier alpha value is -2.20. The predicted octanol–water partition coefficient (Wildman–Crippen LogP) is 3.86. The molecule has 1 atom stereocenters. The summed E-state index contributed by atoms with van der Waals surface area (Å²) in [6.45, 7) is 2.32. The topological polar surface area (TPSA) is 47.6 Å². The lowest BCUT2D eigenvalue weighted by Crippen LogP contribution is -2.37. The van der Waals surface area contributed by atoms with Gasteiger partial charge >= 0.3 is 0 Å². The van der Waals surface area contributed by atoms with E-state index in [1.807, 2.05) is 36.4 Å². The van der Waals surface area contributed by atoms with Crippen molar-refractivity contribution in [2.24, 2.45) is 0 Å². The van der Waals surface area contributed by atoms with Gasteiger partial charge in [-0.2, -0.15) is 0 Å². The third-order valence-corrected chi connectivity index (χ3v) is 3.85. The molecular weight excluding hydrogens is 326 g/mol. The lowest BCUT2D eigenvalue weighted by atomic mass is 10.1. The normalized spacial score (nSPS) is 11.6. The Balaban J connectivity index is 1.74. The van der Waals surface area contributed by atoms with Crippen LogP contribution < -0.4 is 14.8 Å². The summed E-state index contributed by atoms with van der Waals surface area (Å²) >= 11 is 5.86. The Labute approximate surface area is 147 Å². The molecule has 4 nitrogen and oxygen atoms in total. The molecule has 0 aromatic heterocycles. The third kappa shape index (κ3) is 5.46. The number of halogens is 1. The fourth-order valence-electron chi connectivity index (χ4n) is 2.26. The largest absolute Gasteiger partial charge is 0.493 e. The first kappa shape index (κ1) is 18.1. The highest BCUT2D eigenvalue weighted by molar-refractivity contribution is 6.30. The maximum atomic E-state index is 12.1. The van der Waals surface area contributed by atoms with E-state index in [4.69, 9.17) is 21.1 Å². The van der Waals surface area contributed by atoms with Crippen LogP contribution in [0.2, 0.25) is 5.02 Å². The Morgan fingerprint density at radius 1 is 1.12 bits per heavy atom. The van der Waals surface area contributed by atoms with Gasteiger partial charge in [0.2, 0.25) is 0 Å². The van der Waals surface area contributed by atoms with Crippen molar-refractivity contribution in [2.75, 3.05) is 13.7 Å². The van der Waals surface area contributed by atoms with Crippen LogP contribution >= 0.6 is 11.6 Å². The Morgan fingerprint density at radius 3 is 2.46 bits per heavy atom. The number of aryl methyl sites for hydroxylation is 1. The van der Waals surface area contributed by atoms with E-state index in [9.17, 15) is 4.79 Å². The van der Waals surface area contributed by atoms with Crippen molar-refractivity contribution in [3.8, 4) is 11.5 Å². The average molecular weight is 348 g/mol. The molecule has 5 heteroatoms. The van der Waals surface area contributed by atoms with E-state index in [0.717, 1.165) is 17.9 Å². The van der Waals surface area contributed by atoms with Crippen molar-refractivity contribution >= 4 is 17.5 Å². The van der Waals surface area contributed by atoms with Gasteiger partial charge in [-0.25, -0.2) is 0 Å². The molecule has 2 aromatic carbocycles. The van der Waals surface area contributed by atoms with Crippen molar-refractivity contribution in [1.29, 1.82) is 0 Å². The van der Waals surface area contributed by atoms with Crippen molar-refractivity contribution in [2.45, 2.75) is 25.9 Å². The highest BCUT2D eigenvalue weighted by atomic mass is 35.5. The van der Waals surface area contributed by atoms with Crippen LogP contribution in [0, 0.1) is 0 Å². The number of carbonyl (C=O) groups excluding carboxylic acids is 1. The van der Waals surface area contributed by atoms with Crippen LogP contribution in [-0.2, 0) is 11.2 Å². The molecule has 0 bridgehead atoms. The molecule has 24 heavy (non-hydrogen) atoms. The van der Waals surface area contributed by atoms with E-state index < -0.39 is 6.10 Å². The van der Waals surface area contributed by atoms with Gasteiger partial charge in [-0.3, -0.25) is 4.79 Å². The first-order chi connectivity index (χ1) is 11.6. The predicted molar refractivity (Wildman–Crippen MR) is 95.9 cm³/mol. The number of hydrogen-bond donors (Lipinski definition) is 1. The minimum absolute atomic E-state index is 0.142. The summed E-state index contributed by atoms with van der Waals surface area (Å²) in [7, 11) is 1.57. The molecular formula is C19H22ClNO3. The van der Waals surface area contributed by atoms with Gasteiger partial charge in [-0.15, -0.1) is 0 Å². The van der Waals surface area contributed by atoms with Crippen molar-refractivity contribution in [3.05, 3.63) is 59.1 Å². The van der Waals surface area contributed by atoms with Crippen LogP contribution in [0.25, 0.3) is 0 Å². The zero-order valence-electron chi connectivity index (χ0n) is 13.9. The first-order valence-corrected chi connectivity index (χ1v) is 8.30. The van der Waals surface area contributed by atoms with Gasteiger partial charge in [-0.05, 0) is 49.6 Å². The highest BCUT2D eigenvalue weighted by Gasteiger charge is 2.15. The average Bonchev–Trinajstić information content (AvgIpc) is 2.60. The molecule has 0 aliphatic heterocycles. The molecule has 0 unspecified atom stereocenters. The van der Waals surface area contributed by atoms with Crippen LogP contribution in [-0.4, -0.2) is 25.7 Å². The summed E-state index contributed by atoms with van der Waals surface area (Å²) in [6, 6.07) is 15.0. The summed E-state index contributed by atoms with van der Waals surface area (Å²) in [4.78, 5) is 12.1. The quantitative estimate of drug-likeness (QED) is 0.737. The van der Waals surface area contributed by atoms with Crippen LogP contribution in [0.3, 0.4) is 0 Å². The third-order valence-electron chi connectivity index (χ3n) is 3.60. The molecule has 0 saturated carbocycles. The van der Waals surface area contributed by atoms with E-state index >= 15 is 0 Å². The van der Waals surface area contributed by atoms with E-state index in [1.54, 1.807) is 26.2 Å².